The Morgan fingerprint density at radius 1 is 1.10 bits per heavy atom. The van der Waals surface area contributed by atoms with Gasteiger partial charge in [0.25, 0.3) is 0 Å². The van der Waals surface area contributed by atoms with Crippen molar-refractivity contribution in [2.75, 3.05) is 39.5 Å². The van der Waals surface area contributed by atoms with E-state index in [1.807, 2.05) is 32.0 Å². The van der Waals surface area contributed by atoms with Crippen molar-refractivity contribution >= 4 is 17.5 Å². The molecule has 0 spiro atoms. The van der Waals surface area contributed by atoms with E-state index >= 15 is 0 Å². The molecule has 0 radical (unpaired) electrons. The van der Waals surface area contributed by atoms with E-state index < -0.39 is 0 Å². The van der Waals surface area contributed by atoms with E-state index in [0.29, 0.717) is 0 Å². The topological polar surface area (TPSA) is 52.7 Å². The molecule has 0 unspecified atom stereocenters. The van der Waals surface area contributed by atoms with E-state index in [2.05, 4.69) is 5.32 Å². The second kappa shape index (κ2) is 7.05. The Morgan fingerprint density at radius 3 is 2.35 bits per heavy atom. The smallest absolute Gasteiger partial charge is 0.238 e. The highest BCUT2D eigenvalue weighted by atomic mass is 16.2. The molecule has 0 saturated heterocycles. The Bertz CT molecular complexity index is 498. The zero-order valence-corrected chi connectivity index (χ0v) is 12.9. The minimum atomic E-state index is -0.118. The van der Waals surface area contributed by atoms with Crippen molar-refractivity contribution in [1.29, 1.82) is 0 Å². The van der Waals surface area contributed by atoms with Crippen LogP contribution in [0.2, 0.25) is 0 Å². The summed E-state index contributed by atoms with van der Waals surface area (Å²) in [5.74, 6) is -0.139. The van der Waals surface area contributed by atoms with Crippen molar-refractivity contribution in [2.45, 2.75) is 13.8 Å². The molecule has 5 heteroatoms. The summed E-state index contributed by atoms with van der Waals surface area (Å²) in [4.78, 5) is 26.7. The van der Waals surface area contributed by atoms with E-state index in [1.165, 1.54) is 4.90 Å². The SMILES string of the molecule is Cc1cccc(NC(=O)CN(C)CC(=O)N(C)C)c1C. The molecule has 1 N–H and O–H groups in total. The molecule has 0 fully saturated rings. The molecule has 110 valence electrons. The van der Waals surface area contributed by atoms with Crippen LogP contribution in [-0.4, -0.2) is 55.8 Å². The quantitative estimate of drug-likeness (QED) is 0.881. The fraction of sp³-hybridized carbons (Fsp3) is 0.467. The highest BCUT2D eigenvalue weighted by Gasteiger charge is 2.12. The summed E-state index contributed by atoms with van der Waals surface area (Å²) >= 11 is 0. The molecule has 0 saturated carbocycles. The van der Waals surface area contributed by atoms with Gasteiger partial charge < -0.3 is 10.2 Å². The predicted octanol–water partition coefficient (Wildman–Crippen LogP) is 1.26. The molecule has 2 amide bonds. The van der Waals surface area contributed by atoms with Crippen LogP contribution in [-0.2, 0) is 9.59 Å². The van der Waals surface area contributed by atoms with Crippen molar-refractivity contribution in [2.24, 2.45) is 0 Å². The average molecular weight is 277 g/mol. The molecule has 1 rings (SSSR count). The minimum absolute atomic E-state index is 0.0213. The normalized spacial score (nSPS) is 10.5. The van der Waals surface area contributed by atoms with E-state index in [-0.39, 0.29) is 24.9 Å². The lowest BCUT2D eigenvalue weighted by Crippen LogP contribution is -2.38. The molecule has 0 bridgehead atoms. The number of amides is 2. The number of benzene rings is 1. The molecule has 1 aromatic carbocycles. The van der Waals surface area contributed by atoms with Crippen molar-refractivity contribution in [1.82, 2.24) is 9.80 Å². The van der Waals surface area contributed by atoms with Crippen LogP contribution in [0.5, 0.6) is 0 Å². The molecular weight excluding hydrogens is 254 g/mol. The Labute approximate surface area is 120 Å². The maximum atomic E-state index is 12.0. The van der Waals surface area contributed by atoms with E-state index in [0.717, 1.165) is 16.8 Å². The molecule has 0 aliphatic carbocycles. The van der Waals surface area contributed by atoms with Gasteiger partial charge in [0.1, 0.15) is 0 Å². The number of carbonyl (C=O) groups excluding carboxylic acids is 2. The molecule has 0 aromatic heterocycles. The predicted molar refractivity (Wildman–Crippen MR) is 80.7 cm³/mol. The Kier molecular flexibility index (Phi) is 5.70. The number of rotatable bonds is 5. The molecule has 0 atom stereocenters. The fourth-order valence-electron chi connectivity index (χ4n) is 1.75. The third-order valence-electron chi connectivity index (χ3n) is 3.20. The fourth-order valence-corrected chi connectivity index (χ4v) is 1.75. The maximum Gasteiger partial charge on any atom is 0.238 e. The summed E-state index contributed by atoms with van der Waals surface area (Å²) in [5.41, 5.74) is 3.02. The molecule has 0 aliphatic rings. The second-order valence-electron chi connectivity index (χ2n) is 5.26. The van der Waals surface area contributed by atoms with Crippen LogP contribution < -0.4 is 5.32 Å². The lowest BCUT2D eigenvalue weighted by atomic mass is 10.1. The number of hydrogen-bond acceptors (Lipinski definition) is 3. The highest BCUT2D eigenvalue weighted by Crippen LogP contribution is 2.17. The monoisotopic (exact) mass is 277 g/mol. The summed E-state index contributed by atoms with van der Waals surface area (Å²) in [6, 6.07) is 5.80. The van der Waals surface area contributed by atoms with Gasteiger partial charge in [0, 0.05) is 19.8 Å². The van der Waals surface area contributed by atoms with Crippen LogP contribution in [0.1, 0.15) is 11.1 Å². The van der Waals surface area contributed by atoms with Gasteiger partial charge in [0.15, 0.2) is 0 Å². The third-order valence-corrected chi connectivity index (χ3v) is 3.20. The van der Waals surface area contributed by atoms with Gasteiger partial charge in [-0.25, -0.2) is 0 Å². The first-order valence-electron chi connectivity index (χ1n) is 6.56. The van der Waals surface area contributed by atoms with Crippen molar-refractivity contribution in [3.63, 3.8) is 0 Å². The summed E-state index contributed by atoms with van der Waals surface area (Å²) in [5, 5.41) is 2.88. The van der Waals surface area contributed by atoms with E-state index in [1.54, 1.807) is 26.0 Å². The van der Waals surface area contributed by atoms with Gasteiger partial charge >= 0.3 is 0 Å². The third kappa shape index (κ3) is 4.66. The van der Waals surface area contributed by atoms with Crippen LogP contribution in [0.4, 0.5) is 5.69 Å². The van der Waals surface area contributed by atoms with Gasteiger partial charge in [-0.15, -0.1) is 0 Å². The average Bonchev–Trinajstić information content (AvgIpc) is 2.34. The van der Waals surface area contributed by atoms with Gasteiger partial charge in [0.05, 0.1) is 13.1 Å². The van der Waals surface area contributed by atoms with Crippen molar-refractivity contribution < 1.29 is 9.59 Å². The van der Waals surface area contributed by atoms with Crippen LogP contribution in [0.15, 0.2) is 18.2 Å². The van der Waals surface area contributed by atoms with Crippen LogP contribution in [0, 0.1) is 13.8 Å². The molecule has 5 nitrogen and oxygen atoms in total. The van der Waals surface area contributed by atoms with Crippen LogP contribution in [0.3, 0.4) is 0 Å². The van der Waals surface area contributed by atoms with E-state index in [9.17, 15) is 9.59 Å². The maximum absolute atomic E-state index is 12.0. The van der Waals surface area contributed by atoms with E-state index in [4.69, 9.17) is 0 Å². The summed E-state index contributed by atoms with van der Waals surface area (Å²) < 4.78 is 0. The highest BCUT2D eigenvalue weighted by molar-refractivity contribution is 5.93. The molecule has 1 aromatic rings. The number of likely N-dealkylation sites (N-methyl/N-ethyl adjacent to an activating group) is 2. The standard InChI is InChI=1S/C15H23N3O2/c1-11-7-6-8-13(12(11)2)16-14(19)9-18(5)10-15(20)17(3)4/h6-8H,9-10H2,1-5H3,(H,16,19). The number of carbonyl (C=O) groups is 2. The molecular formula is C15H23N3O2. The van der Waals surface area contributed by atoms with Crippen molar-refractivity contribution in [3.05, 3.63) is 29.3 Å². The summed E-state index contributed by atoms with van der Waals surface area (Å²) in [6.45, 7) is 4.40. The zero-order chi connectivity index (χ0) is 15.3. The van der Waals surface area contributed by atoms with Crippen LogP contribution >= 0.6 is 0 Å². The Hall–Kier alpha value is -1.88. The molecule has 0 aliphatic heterocycles. The first kappa shape index (κ1) is 16.2. The second-order valence-corrected chi connectivity index (χ2v) is 5.26. The number of nitrogens with zero attached hydrogens (tertiary/aromatic N) is 2. The first-order valence-corrected chi connectivity index (χ1v) is 6.56. The Morgan fingerprint density at radius 2 is 1.75 bits per heavy atom. The lowest BCUT2D eigenvalue weighted by molar-refractivity contribution is -0.130. The molecule has 0 heterocycles. The van der Waals surface area contributed by atoms with Crippen molar-refractivity contribution in [3.8, 4) is 0 Å². The lowest BCUT2D eigenvalue weighted by Gasteiger charge is -2.19. The van der Waals surface area contributed by atoms with Gasteiger partial charge in [-0.3, -0.25) is 14.5 Å². The minimum Gasteiger partial charge on any atom is -0.348 e. The van der Waals surface area contributed by atoms with Gasteiger partial charge in [0.2, 0.25) is 11.8 Å². The number of nitrogens with one attached hydrogen (secondary N) is 1. The van der Waals surface area contributed by atoms with Gasteiger partial charge in [-0.05, 0) is 38.1 Å². The van der Waals surface area contributed by atoms with Crippen LogP contribution in [0.25, 0.3) is 0 Å². The summed E-state index contributed by atoms with van der Waals surface area (Å²) in [7, 11) is 5.16. The number of anilines is 1. The zero-order valence-electron chi connectivity index (χ0n) is 12.9. The van der Waals surface area contributed by atoms with Gasteiger partial charge in [-0.2, -0.15) is 0 Å². The molecule has 20 heavy (non-hydrogen) atoms. The Balaban J connectivity index is 2.55. The first-order chi connectivity index (χ1) is 9.31. The summed E-state index contributed by atoms with van der Waals surface area (Å²) in [6.07, 6.45) is 0. The number of aryl methyl sites for hydroxylation is 1. The largest absolute Gasteiger partial charge is 0.348 e. The number of hydrogen-bond donors (Lipinski definition) is 1. The van der Waals surface area contributed by atoms with Gasteiger partial charge in [-0.1, -0.05) is 12.1 Å².